The zero-order chi connectivity index (χ0) is 26.1. The van der Waals surface area contributed by atoms with Crippen molar-refractivity contribution >= 4 is 23.6 Å². The van der Waals surface area contributed by atoms with Gasteiger partial charge in [-0.05, 0) is 57.9 Å². The summed E-state index contributed by atoms with van der Waals surface area (Å²) >= 11 is 1.67. The standard InChI is InChI=1S/C31H38N2O2S/c1-23-11-15-26(16-12-23)22-33(29(34)19-20-36-27-17-13-24(2)14-18-27)28(30(35)32-31(3,4)5)21-25-9-7-6-8-10-25/h6-18,28H,19-22H2,1-5H3,(H,32,35)/t28-/m1/s1. The summed E-state index contributed by atoms with van der Waals surface area (Å²) in [4.78, 5) is 30.2. The first kappa shape index (κ1) is 27.5. The van der Waals surface area contributed by atoms with Crippen LogP contribution < -0.4 is 5.32 Å². The van der Waals surface area contributed by atoms with Gasteiger partial charge in [0.25, 0.3) is 0 Å². The molecule has 36 heavy (non-hydrogen) atoms. The van der Waals surface area contributed by atoms with E-state index in [1.165, 1.54) is 5.56 Å². The first-order valence-electron chi connectivity index (χ1n) is 12.5. The third-order valence-electron chi connectivity index (χ3n) is 5.85. The van der Waals surface area contributed by atoms with Crippen LogP contribution in [0.1, 0.15) is 49.4 Å². The average Bonchev–Trinajstić information content (AvgIpc) is 2.83. The fourth-order valence-corrected chi connectivity index (χ4v) is 4.77. The number of carbonyl (C=O) groups excluding carboxylic acids is 2. The van der Waals surface area contributed by atoms with E-state index in [2.05, 4.69) is 36.5 Å². The van der Waals surface area contributed by atoms with Crippen LogP contribution in [0.2, 0.25) is 0 Å². The van der Waals surface area contributed by atoms with Crippen molar-refractivity contribution in [3.63, 3.8) is 0 Å². The molecule has 0 bridgehead atoms. The molecule has 0 aromatic heterocycles. The second-order valence-corrected chi connectivity index (χ2v) is 11.5. The van der Waals surface area contributed by atoms with Gasteiger partial charge in [0.15, 0.2) is 0 Å². The Balaban J connectivity index is 1.85. The fraction of sp³-hybridized carbons (Fsp3) is 0.355. The Kier molecular flexibility index (Phi) is 9.77. The summed E-state index contributed by atoms with van der Waals surface area (Å²) in [5, 5.41) is 3.12. The van der Waals surface area contributed by atoms with E-state index < -0.39 is 11.6 Å². The number of hydrogen-bond donors (Lipinski definition) is 1. The van der Waals surface area contributed by atoms with E-state index in [0.29, 0.717) is 25.1 Å². The molecule has 190 valence electrons. The Labute approximate surface area is 220 Å². The van der Waals surface area contributed by atoms with Crippen molar-refractivity contribution in [3.05, 3.63) is 101 Å². The van der Waals surface area contributed by atoms with Gasteiger partial charge in [0.2, 0.25) is 11.8 Å². The number of hydrogen-bond acceptors (Lipinski definition) is 3. The molecule has 2 amide bonds. The van der Waals surface area contributed by atoms with Gasteiger partial charge < -0.3 is 10.2 Å². The van der Waals surface area contributed by atoms with Gasteiger partial charge >= 0.3 is 0 Å². The van der Waals surface area contributed by atoms with E-state index in [9.17, 15) is 9.59 Å². The number of nitrogens with zero attached hydrogens (tertiary/aromatic N) is 1. The zero-order valence-electron chi connectivity index (χ0n) is 22.1. The predicted molar refractivity (Wildman–Crippen MR) is 150 cm³/mol. The largest absolute Gasteiger partial charge is 0.350 e. The molecular weight excluding hydrogens is 464 g/mol. The molecule has 5 heteroatoms. The van der Waals surface area contributed by atoms with Gasteiger partial charge in [-0.3, -0.25) is 9.59 Å². The lowest BCUT2D eigenvalue weighted by atomic mass is 10.0. The fourth-order valence-electron chi connectivity index (χ4n) is 3.93. The Morgan fingerprint density at radius 2 is 1.42 bits per heavy atom. The molecule has 0 aliphatic rings. The maximum absolute atomic E-state index is 13.7. The number of amides is 2. The van der Waals surface area contributed by atoms with E-state index in [-0.39, 0.29) is 11.8 Å². The maximum atomic E-state index is 13.7. The second-order valence-electron chi connectivity index (χ2n) is 10.4. The van der Waals surface area contributed by atoms with E-state index in [1.54, 1.807) is 16.7 Å². The van der Waals surface area contributed by atoms with Crippen LogP contribution in [-0.4, -0.2) is 34.0 Å². The van der Waals surface area contributed by atoms with Crippen molar-refractivity contribution in [2.75, 3.05) is 5.75 Å². The number of aryl methyl sites for hydroxylation is 2. The zero-order valence-corrected chi connectivity index (χ0v) is 22.9. The van der Waals surface area contributed by atoms with E-state index in [1.807, 2.05) is 82.3 Å². The third-order valence-corrected chi connectivity index (χ3v) is 6.86. The lowest BCUT2D eigenvalue weighted by Gasteiger charge is -2.34. The molecule has 0 unspecified atom stereocenters. The summed E-state index contributed by atoms with van der Waals surface area (Å²) in [6.45, 7) is 10.4. The van der Waals surface area contributed by atoms with Crippen molar-refractivity contribution in [1.29, 1.82) is 0 Å². The van der Waals surface area contributed by atoms with Gasteiger partial charge in [-0.25, -0.2) is 0 Å². The number of rotatable bonds is 10. The molecule has 0 radical (unpaired) electrons. The summed E-state index contributed by atoms with van der Waals surface area (Å²) in [6.07, 6.45) is 0.823. The monoisotopic (exact) mass is 502 g/mol. The minimum atomic E-state index is -0.607. The van der Waals surface area contributed by atoms with Crippen LogP contribution in [0.25, 0.3) is 0 Å². The van der Waals surface area contributed by atoms with Crippen molar-refractivity contribution in [3.8, 4) is 0 Å². The lowest BCUT2D eigenvalue weighted by Crippen LogP contribution is -2.54. The van der Waals surface area contributed by atoms with Crippen LogP contribution in [0.3, 0.4) is 0 Å². The van der Waals surface area contributed by atoms with Crippen LogP contribution in [0.4, 0.5) is 0 Å². The molecule has 0 saturated carbocycles. The Hall–Kier alpha value is -3.05. The highest BCUT2D eigenvalue weighted by atomic mass is 32.2. The number of carbonyl (C=O) groups is 2. The van der Waals surface area contributed by atoms with Gasteiger partial charge in [0.05, 0.1) is 0 Å². The molecule has 0 aliphatic heterocycles. The first-order chi connectivity index (χ1) is 17.1. The Bertz CT molecular complexity index is 1120. The molecule has 0 spiro atoms. The lowest BCUT2D eigenvalue weighted by molar-refractivity contribution is -0.141. The van der Waals surface area contributed by atoms with Crippen LogP contribution in [0.15, 0.2) is 83.8 Å². The van der Waals surface area contributed by atoms with Crippen molar-refractivity contribution in [1.82, 2.24) is 10.2 Å². The van der Waals surface area contributed by atoms with Gasteiger partial charge in [-0.2, -0.15) is 0 Å². The van der Waals surface area contributed by atoms with Crippen molar-refractivity contribution in [2.24, 2.45) is 0 Å². The highest BCUT2D eigenvalue weighted by molar-refractivity contribution is 7.99. The summed E-state index contributed by atoms with van der Waals surface area (Å²) < 4.78 is 0. The molecule has 0 heterocycles. The van der Waals surface area contributed by atoms with E-state index >= 15 is 0 Å². The molecule has 3 rings (SSSR count). The van der Waals surface area contributed by atoms with Crippen LogP contribution in [0, 0.1) is 13.8 Å². The van der Waals surface area contributed by atoms with E-state index in [4.69, 9.17) is 0 Å². The van der Waals surface area contributed by atoms with Crippen molar-refractivity contribution < 1.29 is 9.59 Å². The molecule has 3 aromatic rings. The topological polar surface area (TPSA) is 49.4 Å². The minimum Gasteiger partial charge on any atom is -0.350 e. The van der Waals surface area contributed by atoms with Gasteiger partial charge in [-0.1, -0.05) is 77.9 Å². The number of nitrogens with one attached hydrogen (secondary N) is 1. The maximum Gasteiger partial charge on any atom is 0.243 e. The second kappa shape index (κ2) is 12.8. The summed E-state index contributed by atoms with van der Waals surface area (Å²) in [5.74, 6) is 0.517. The van der Waals surface area contributed by atoms with E-state index in [0.717, 1.165) is 21.6 Å². The van der Waals surface area contributed by atoms with Gasteiger partial charge in [0, 0.05) is 35.6 Å². The quantitative estimate of drug-likeness (QED) is 0.329. The molecule has 4 nitrogen and oxygen atoms in total. The SMILES string of the molecule is Cc1ccc(CN(C(=O)CCSc2ccc(C)cc2)[C@H](Cc2ccccc2)C(=O)NC(C)(C)C)cc1. The number of benzene rings is 3. The molecule has 3 aromatic carbocycles. The minimum absolute atomic E-state index is 0.0137. The van der Waals surface area contributed by atoms with Crippen LogP contribution in [0.5, 0.6) is 0 Å². The normalized spacial score (nSPS) is 12.1. The third kappa shape index (κ3) is 8.87. The van der Waals surface area contributed by atoms with Gasteiger partial charge in [-0.15, -0.1) is 11.8 Å². The first-order valence-corrected chi connectivity index (χ1v) is 13.5. The molecule has 0 aliphatic carbocycles. The highest BCUT2D eigenvalue weighted by Crippen LogP contribution is 2.22. The molecule has 1 N–H and O–H groups in total. The van der Waals surface area contributed by atoms with Gasteiger partial charge in [0.1, 0.15) is 6.04 Å². The van der Waals surface area contributed by atoms with Crippen LogP contribution >= 0.6 is 11.8 Å². The molecule has 0 saturated heterocycles. The number of thioether (sulfide) groups is 1. The highest BCUT2D eigenvalue weighted by Gasteiger charge is 2.32. The molecule has 0 fully saturated rings. The van der Waals surface area contributed by atoms with Crippen LogP contribution in [-0.2, 0) is 22.6 Å². The molecular formula is C31H38N2O2S. The summed E-state index contributed by atoms with van der Waals surface area (Å²) in [7, 11) is 0. The Morgan fingerprint density at radius 1 is 0.833 bits per heavy atom. The summed E-state index contributed by atoms with van der Waals surface area (Å²) in [5.41, 5.74) is 4.03. The average molecular weight is 503 g/mol. The van der Waals surface area contributed by atoms with Crippen molar-refractivity contribution in [2.45, 2.75) is 70.5 Å². The smallest absolute Gasteiger partial charge is 0.243 e. The predicted octanol–water partition coefficient (Wildman–Crippen LogP) is 6.34. The Morgan fingerprint density at radius 3 is 2.00 bits per heavy atom. The molecule has 1 atom stereocenters. The summed E-state index contributed by atoms with van der Waals surface area (Å²) in [6, 6.07) is 25.8.